The smallest absolute Gasteiger partial charge is 0.261 e. The number of nitrogens with one attached hydrogen (secondary N) is 1. The molecule has 1 saturated heterocycles. The van der Waals surface area contributed by atoms with E-state index in [1.807, 2.05) is 0 Å². The molecule has 0 unspecified atom stereocenters. The number of rotatable bonds is 6. The van der Waals surface area contributed by atoms with E-state index < -0.39 is 52.1 Å². The number of benzene rings is 3. The summed E-state index contributed by atoms with van der Waals surface area (Å²) in [6, 6.07) is 14.7. The fourth-order valence-corrected chi connectivity index (χ4v) is 4.49. The van der Waals surface area contributed by atoms with Gasteiger partial charge in [-0.1, -0.05) is 36.4 Å². The molecule has 1 N–H and O–H groups in total. The van der Waals surface area contributed by atoms with Crippen molar-refractivity contribution in [2.75, 3.05) is 31.6 Å². The van der Waals surface area contributed by atoms with Crippen molar-refractivity contribution in [2.45, 2.75) is 5.79 Å². The minimum Gasteiger partial charge on any atom is -0.342 e. The Hall–Kier alpha value is -4.02. The van der Waals surface area contributed by atoms with E-state index >= 15 is 0 Å². The molecule has 0 aliphatic carbocycles. The highest BCUT2D eigenvalue weighted by Gasteiger charge is 2.45. The van der Waals surface area contributed by atoms with E-state index in [2.05, 4.69) is 5.32 Å². The molecule has 2 heterocycles. The van der Waals surface area contributed by atoms with Crippen LogP contribution in [0.3, 0.4) is 0 Å². The number of amides is 2. The minimum atomic E-state index is -1.32. The number of carbonyl (C=O) groups excluding carboxylic acids is 2. The largest absolute Gasteiger partial charge is 0.342 e. The van der Waals surface area contributed by atoms with Gasteiger partial charge in [0.2, 0.25) is 5.79 Å². The molecule has 0 radical (unpaired) electrons. The Bertz CT molecular complexity index is 1380. The van der Waals surface area contributed by atoms with Crippen LogP contribution in [0.1, 0.15) is 11.1 Å². The van der Waals surface area contributed by atoms with Crippen molar-refractivity contribution in [1.82, 2.24) is 4.90 Å². The van der Waals surface area contributed by atoms with Crippen LogP contribution in [0.5, 0.6) is 0 Å². The second-order valence-electron chi connectivity index (χ2n) is 8.54. The summed E-state index contributed by atoms with van der Waals surface area (Å²) in [6.07, 6.45) is 0. The first kappa shape index (κ1) is 24.7. The zero-order valence-corrected chi connectivity index (χ0v) is 19.3. The standard InChI is InChI=1S/C27H20F4N2O4/c28-18-11-16(12-19(29)13-18)20-14-33(15-27(36-9-10-37-27)17-5-2-1-3-6-17)26(35)23(20)25(34)32-22-8-4-7-21(30)24(22)31/h1-8,11-13H,9-10,14-15H2,(H,32,34). The van der Waals surface area contributed by atoms with E-state index in [9.17, 15) is 27.2 Å². The van der Waals surface area contributed by atoms with E-state index in [0.29, 0.717) is 11.6 Å². The maximum atomic E-state index is 14.2. The molecule has 2 aliphatic heterocycles. The van der Waals surface area contributed by atoms with Gasteiger partial charge in [-0.3, -0.25) is 9.59 Å². The van der Waals surface area contributed by atoms with E-state index in [1.54, 1.807) is 30.3 Å². The summed E-state index contributed by atoms with van der Waals surface area (Å²) >= 11 is 0. The van der Waals surface area contributed by atoms with Crippen LogP contribution in [-0.2, 0) is 24.8 Å². The molecule has 3 aromatic rings. The monoisotopic (exact) mass is 512 g/mol. The van der Waals surface area contributed by atoms with E-state index in [1.165, 1.54) is 11.0 Å². The van der Waals surface area contributed by atoms with E-state index in [0.717, 1.165) is 24.3 Å². The van der Waals surface area contributed by atoms with Gasteiger partial charge in [0.25, 0.3) is 11.8 Å². The van der Waals surface area contributed by atoms with Gasteiger partial charge >= 0.3 is 0 Å². The summed E-state index contributed by atoms with van der Waals surface area (Å²) in [6.45, 7) is 0.177. The summed E-state index contributed by atoms with van der Waals surface area (Å²) in [4.78, 5) is 28.0. The SMILES string of the molecule is O=C(Nc1cccc(F)c1F)C1=C(c2cc(F)cc(F)c2)CN(CC2(c3ccccc3)OCCO2)C1=O. The van der Waals surface area contributed by atoms with Crippen LogP contribution < -0.4 is 5.32 Å². The van der Waals surface area contributed by atoms with Gasteiger partial charge in [-0.05, 0) is 35.4 Å². The van der Waals surface area contributed by atoms with Crippen molar-refractivity contribution in [3.63, 3.8) is 0 Å². The van der Waals surface area contributed by atoms with Crippen molar-refractivity contribution in [3.8, 4) is 0 Å². The van der Waals surface area contributed by atoms with Crippen molar-refractivity contribution >= 4 is 23.1 Å². The summed E-state index contributed by atoms with van der Waals surface area (Å²) in [7, 11) is 0. The molecule has 2 amide bonds. The molecule has 0 atom stereocenters. The Morgan fingerprint density at radius 2 is 1.59 bits per heavy atom. The van der Waals surface area contributed by atoms with Crippen LogP contribution >= 0.6 is 0 Å². The lowest BCUT2D eigenvalue weighted by Crippen LogP contribution is -2.44. The van der Waals surface area contributed by atoms with Crippen molar-refractivity contribution in [3.05, 3.63) is 107 Å². The Kier molecular flexibility index (Phi) is 6.53. The highest BCUT2D eigenvalue weighted by Crippen LogP contribution is 2.37. The Balaban J connectivity index is 1.52. The lowest BCUT2D eigenvalue weighted by molar-refractivity contribution is -0.181. The number of ether oxygens (including phenoxy) is 2. The van der Waals surface area contributed by atoms with Crippen LogP contribution in [0.2, 0.25) is 0 Å². The van der Waals surface area contributed by atoms with Crippen LogP contribution in [-0.4, -0.2) is 43.0 Å². The van der Waals surface area contributed by atoms with Gasteiger partial charge in [0, 0.05) is 18.2 Å². The first-order chi connectivity index (χ1) is 17.8. The fraction of sp³-hybridized carbons (Fsp3) is 0.185. The average Bonchev–Trinajstić information content (AvgIpc) is 3.48. The van der Waals surface area contributed by atoms with Crippen LogP contribution in [0.4, 0.5) is 23.2 Å². The van der Waals surface area contributed by atoms with Gasteiger partial charge in [-0.15, -0.1) is 0 Å². The summed E-state index contributed by atoms with van der Waals surface area (Å²) in [5.74, 6) is -7.50. The van der Waals surface area contributed by atoms with Gasteiger partial charge in [-0.2, -0.15) is 0 Å². The second kappa shape index (κ2) is 9.79. The van der Waals surface area contributed by atoms with Gasteiger partial charge < -0.3 is 19.7 Å². The molecule has 37 heavy (non-hydrogen) atoms. The van der Waals surface area contributed by atoms with Crippen molar-refractivity contribution < 1.29 is 36.6 Å². The zero-order valence-electron chi connectivity index (χ0n) is 19.3. The molecular formula is C27H20F4N2O4. The zero-order chi connectivity index (χ0) is 26.2. The number of nitrogens with zero attached hydrogens (tertiary/aromatic N) is 1. The van der Waals surface area contributed by atoms with Gasteiger partial charge in [0.05, 0.1) is 25.4 Å². The predicted octanol–water partition coefficient (Wildman–Crippen LogP) is 4.38. The van der Waals surface area contributed by atoms with Crippen LogP contribution in [0, 0.1) is 23.3 Å². The van der Waals surface area contributed by atoms with Gasteiger partial charge in [0.15, 0.2) is 11.6 Å². The van der Waals surface area contributed by atoms with Crippen LogP contribution in [0.15, 0.2) is 72.3 Å². The first-order valence-corrected chi connectivity index (χ1v) is 11.3. The third-order valence-corrected chi connectivity index (χ3v) is 6.16. The predicted molar refractivity (Wildman–Crippen MR) is 125 cm³/mol. The molecule has 2 aliphatic rings. The lowest BCUT2D eigenvalue weighted by atomic mass is 10.0. The summed E-state index contributed by atoms with van der Waals surface area (Å²) in [5, 5.41) is 2.20. The Morgan fingerprint density at radius 3 is 2.27 bits per heavy atom. The number of carbonyl (C=O) groups is 2. The van der Waals surface area contributed by atoms with E-state index in [-0.39, 0.29) is 37.4 Å². The van der Waals surface area contributed by atoms with Crippen LogP contribution in [0.25, 0.3) is 5.57 Å². The molecule has 190 valence electrons. The molecule has 0 spiro atoms. The second-order valence-corrected chi connectivity index (χ2v) is 8.54. The first-order valence-electron chi connectivity index (χ1n) is 11.3. The van der Waals surface area contributed by atoms with Crippen molar-refractivity contribution in [1.29, 1.82) is 0 Å². The van der Waals surface area contributed by atoms with Gasteiger partial charge in [-0.25, -0.2) is 17.6 Å². The quantitative estimate of drug-likeness (QED) is 0.393. The maximum Gasteiger partial charge on any atom is 0.261 e. The molecular weight excluding hydrogens is 492 g/mol. The van der Waals surface area contributed by atoms with E-state index in [4.69, 9.17) is 9.47 Å². The highest BCUT2D eigenvalue weighted by molar-refractivity contribution is 6.29. The molecule has 6 nitrogen and oxygen atoms in total. The molecule has 0 saturated carbocycles. The fourth-order valence-electron chi connectivity index (χ4n) is 4.49. The Morgan fingerprint density at radius 1 is 0.919 bits per heavy atom. The normalized spacial score (nSPS) is 17.0. The number of anilines is 1. The topological polar surface area (TPSA) is 67.9 Å². The molecule has 1 fully saturated rings. The molecule has 0 bridgehead atoms. The molecule has 0 aromatic heterocycles. The minimum absolute atomic E-state index is 0.0129. The summed E-state index contributed by atoms with van der Waals surface area (Å²) < 4.78 is 67.8. The van der Waals surface area contributed by atoms with Crippen molar-refractivity contribution in [2.24, 2.45) is 0 Å². The third-order valence-electron chi connectivity index (χ3n) is 6.16. The average molecular weight is 512 g/mol. The molecule has 3 aromatic carbocycles. The number of hydrogen-bond acceptors (Lipinski definition) is 4. The number of hydrogen-bond donors (Lipinski definition) is 1. The number of halogens is 4. The molecule has 10 heteroatoms. The maximum absolute atomic E-state index is 14.2. The Labute approximate surface area is 209 Å². The summed E-state index contributed by atoms with van der Waals surface area (Å²) in [5.41, 5.74) is -0.343. The van der Waals surface area contributed by atoms with Gasteiger partial charge in [0.1, 0.15) is 17.2 Å². The third kappa shape index (κ3) is 4.73. The molecule has 5 rings (SSSR count). The highest BCUT2D eigenvalue weighted by atomic mass is 19.2. The lowest BCUT2D eigenvalue weighted by Gasteiger charge is -2.32.